The lowest BCUT2D eigenvalue weighted by Crippen LogP contribution is -2.33. The molecule has 0 aliphatic rings. The summed E-state index contributed by atoms with van der Waals surface area (Å²) in [6.07, 6.45) is 0.624. The third-order valence-corrected chi connectivity index (χ3v) is 6.26. The summed E-state index contributed by atoms with van der Waals surface area (Å²) in [5.74, 6) is 0.116. The number of nitrogens with zero attached hydrogens (tertiary/aromatic N) is 4. The molecule has 0 spiro atoms. The summed E-state index contributed by atoms with van der Waals surface area (Å²) >= 11 is 5.92. The van der Waals surface area contributed by atoms with Crippen LogP contribution in [-0.2, 0) is 34.0 Å². The molecule has 0 bridgehead atoms. The number of pyridine rings is 1. The van der Waals surface area contributed by atoms with Crippen molar-refractivity contribution in [2.75, 3.05) is 31.4 Å². The maximum absolute atomic E-state index is 12.7. The van der Waals surface area contributed by atoms with E-state index in [4.69, 9.17) is 36.9 Å². The molecule has 2 aromatic heterocycles. The fourth-order valence-electron chi connectivity index (χ4n) is 4.34. The van der Waals surface area contributed by atoms with Gasteiger partial charge in [0, 0.05) is 31.6 Å². The van der Waals surface area contributed by atoms with Crippen molar-refractivity contribution in [1.82, 2.24) is 19.4 Å². The first-order chi connectivity index (χ1) is 18.4. The van der Waals surface area contributed by atoms with Crippen molar-refractivity contribution in [2.45, 2.75) is 33.0 Å². The van der Waals surface area contributed by atoms with Crippen molar-refractivity contribution in [3.05, 3.63) is 59.9 Å². The first kappa shape index (κ1) is 27.2. The maximum Gasteiger partial charge on any atom is 0.341 e. The Morgan fingerprint density at radius 2 is 1.97 bits per heavy atom. The third kappa shape index (κ3) is 6.32. The van der Waals surface area contributed by atoms with Crippen molar-refractivity contribution >= 4 is 51.2 Å². The number of nitrogens with two attached hydrogens (primary N) is 1. The number of aliphatic carboxylic acids is 1. The van der Waals surface area contributed by atoms with E-state index in [1.807, 2.05) is 37.3 Å². The van der Waals surface area contributed by atoms with Gasteiger partial charge in [0.15, 0.2) is 12.4 Å². The van der Waals surface area contributed by atoms with Gasteiger partial charge >= 0.3 is 5.97 Å². The zero-order valence-electron chi connectivity index (χ0n) is 21.1. The largest absolute Gasteiger partial charge is 0.482 e. The van der Waals surface area contributed by atoms with Crippen LogP contribution in [0.5, 0.6) is 5.75 Å². The number of carboxylic acids is 1. The Kier molecular flexibility index (Phi) is 8.98. The molecule has 1 amide bonds. The fraction of sp³-hybridized carbons (Fsp3) is 0.333. The SMILES string of the molecule is CCOCc1nc2c(N)nc3ccccc3c2n1CCCN(Cc1cccc(OCC(=O)O)c1)C(=O)CCl. The number of halogens is 1. The molecule has 2 aromatic carbocycles. The number of hydrogen-bond donors (Lipinski definition) is 2. The number of aromatic nitrogens is 3. The van der Waals surface area contributed by atoms with Gasteiger partial charge in [-0.05, 0) is 37.1 Å². The predicted octanol–water partition coefficient (Wildman–Crippen LogP) is 3.82. The molecule has 38 heavy (non-hydrogen) atoms. The summed E-state index contributed by atoms with van der Waals surface area (Å²) in [5.41, 5.74) is 9.38. The van der Waals surface area contributed by atoms with Gasteiger partial charge in [0.2, 0.25) is 5.91 Å². The van der Waals surface area contributed by atoms with Crippen LogP contribution in [-0.4, -0.2) is 62.1 Å². The second-order valence-corrected chi connectivity index (χ2v) is 8.93. The Morgan fingerprint density at radius 1 is 1.16 bits per heavy atom. The van der Waals surface area contributed by atoms with E-state index in [0.717, 1.165) is 27.8 Å². The molecular weight excluding hydrogens is 510 g/mol. The van der Waals surface area contributed by atoms with Crippen LogP contribution in [0.3, 0.4) is 0 Å². The number of imidazole rings is 1. The number of aryl methyl sites for hydroxylation is 1. The van der Waals surface area contributed by atoms with Crippen LogP contribution < -0.4 is 10.5 Å². The topological polar surface area (TPSA) is 133 Å². The second kappa shape index (κ2) is 12.6. The zero-order valence-corrected chi connectivity index (χ0v) is 21.9. The van der Waals surface area contributed by atoms with Crippen molar-refractivity contribution in [3.8, 4) is 5.75 Å². The summed E-state index contributed by atoms with van der Waals surface area (Å²) in [6, 6.07) is 14.8. The number of fused-ring (bicyclic) bond motifs is 3. The van der Waals surface area contributed by atoms with E-state index in [2.05, 4.69) is 9.55 Å². The highest BCUT2D eigenvalue weighted by Crippen LogP contribution is 2.29. The Balaban J connectivity index is 1.56. The number of carbonyl (C=O) groups is 2. The van der Waals surface area contributed by atoms with E-state index < -0.39 is 12.6 Å². The quantitative estimate of drug-likeness (QED) is 0.245. The Labute approximate surface area is 224 Å². The zero-order chi connectivity index (χ0) is 27.1. The van der Waals surface area contributed by atoms with Crippen LogP contribution >= 0.6 is 11.6 Å². The summed E-state index contributed by atoms with van der Waals surface area (Å²) in [6.45, 7) is 3.68. The number of benzene rings is 2. The molecule has 10 nitrogen and oxygen atoms in total. The second-order valence-electron chi connectivity index (χ2n) is 8.66. The van der Waals surface area contributed by atoms with Crippen LogP contribution in [0.15, 0.2) is 48.5 Å². The van der Waals surface area contributed by atoms with Gasteiger partial charge < -0.3 is 29.8 Å². The molecule has 4 aromatic rings. The van der Waals surface area contributed by atoms with Crippen LogP contribution in [0.25, 0.3) is 21.9 Å². The van der Waals surface area contributed by atoms with Gasteiger partial charge in [-0.1, -0.05) is 30.3 Å². The number of para-hydroxylation sites is 1. The molecule has 0 atom stereocenters. The van der Waals surface area contributed by atoms with Crippen LogP contribution in [0, 0.1) is 0 Å². The van der Waals surface area contributed by atoms with Gasteiger partial charge in [-0.15, -0.1) is 11.6 Å². The van der Waals surface area contributed by atoms with E-state index >= 15 is 0 Å². The lowest BCUT2D eigenvalue weighted by Gasteiger charge is -2.23. The normalized spacial score (nSPS) is 11.2. The maximum atomic E-state index is 12.7. The number of ether oxygens (including phenoxy) is 2. The molecule has 0 fully saturated rings. The summed E-state index contributed by atoms with van der Waals surface area (Å²) in [4.78, 5) is 34.4. The summed E-state index contributed by atoms with van der Waals surface area (Å²) < 4.78 is 13.0. The van der Waals surface area contributed by atoms with E-state index in [1.54, 1.807) is 23.1 Å². The molecular formula is C27H30ClN5O5. The van der Waals surface area contributed by atoms with Crippen LogP contribution in [0.1, 0.15) is 24.7 Å². The molecule has 3 N–H and O–H groups in total. The Hall–Kier alpha value is -3.89. The first-order valence-electron chi connectivity index (χ1n) is 12.3. The molecule has 200 valence electrons. The standard InChI is InChI=1S/C27H30ClN5O5/c1-2-37-16-22-31-25-26(20-9-3-4-10-21(20)30-27(25)29)33(22)12-6-11-32(23(34)14-28)15-18-7-5-8-19(13-18)38-17-24(35)36/h3-5,7-10,13H,2,6,11-12,14-17H2,1H3,(H2,29,30)(H,35,36). The Morgan fingerprint density at radius 3 is 2.74 bits per heavy atom. The number of alkyl halides is 1. The number of hydrogen-bond acceptors (Lipinski definition) is 7. The van der Waals surface area contributed by atoms with Crippen molar-refractivity contribution in [3.63, 3.8) is 0 Å². The van der Waals surface area contributed by atoms with E-state index in [0.29, 0.717) is 56.4 Å². The Bertz CT molecular complexity index is 1440. The molecule has 0 saturated heterocycles. The number of rotatable bonds is 13. The van der Waals surface area contributed by atoms with Crippen LogP contribution in [0.2, 0.25) is 0 Å². The smallest absolute Gasteiger partial charge is 0.341 e. The molecule has 0 aliphatic carbocycles. The molecule has 11 heteroatoms. The minimum Gasteiger partial charge on any atom is -0.482 e. The molecule has 0 aliphatic heterocycles. The fourth-order valence-corrected chi connectivity index (χ4v) is 4.51. The number of nitrogen functional groups attached to an aromatic ring is 1. The molecule has 4 rings (SSSR count). The summed E-state index contributed by atoms with van der Waals surface area (Å²) in [5, 5.41) is 9.80. The monoisotopic (exact) mass is 539 g/mol. The predicted molar refractivity (Wildman–Crippen MR) is 145 cm³/mol. The molecule has 0 radical (unpaired) electrons. The average Bonchev–Trinajstić information content (AvgIpc) is 3.29. The lowest BCUT2D eigenvalue weighted by molar-refractivity contribution is -0.139. The number of anilines is 1. The number of carbonyl (C=O) groups excluding carboxylic acids is 1. The first-order valence-corrected chi connectivity index (χ1v) is 12.8. The van der Waals surface area contributed by atoms with Crippen molar-refractivity contribution in [1.29, 1.82) is 0 Å². The lowest BCUT2D eigenvalue weighted by atomic mass is 10.2. The highest BCUT2D eigenvalue weighted by atomic mass is 35.5. The minimum atomic E-state index is -1.06. The summed E-state index contributed by atoms with van der Waals surface area (Å²) in [7, 11) is 0. The minimum absolute atomic E-state index is 0.147. The van der Waals surface area contributed by atoms with Crippen molar-refractivity contribution < 1.29 is 24.2 Å². The highest BCUT2D eigenvalue weighted by molar-refractivity contribution is 6.27. The third-order valence-electron chi connectivity index (χ3n) is 6.04. The highest BCUT2D eigenvalue weighted by Gasteiger charge is 2.19. The number of carboxylic acid groups (broad SMARTS) is 1. The average molecular weight is 540 g/mol. The molecule has 0 unspecified atom stereocenters. The van der Waals surface area contributed by atoms with Gasteiger partial charge in [0.25, 0.3) is 0 Å². The van der Waals surface area contributed by atoms with Gasteiger partial charge in [-0.3, -0.25) is 4.79 Å². The van der Waals surface area contributed by atoms with Gasteiger partial charge in [-0.25, -0.2) is 14.8 Å². The molecule has 0 saturated carbocycles. The van der Waals surface area contributed by atoms with E-state index in [9.17, 15) is 9.59 Å². The van der Waals surface area contributed by atoms with E-state index in [-0.39, 0.29) is 11.8 Å². The van der Waals surface area contributed by atoms with Crippen molar-refractivity contribution in [2.24, 2.45) is 0 Å². The van der Waals surface area contributed by atoms with Gasteiger partial charge in [0.1, 0.15) is 29.6 Å². The van der Waals surface area contributed by atoms with Gasteiger partial charge in [0.05, 0.1) is 11.0 Å². The van der Waals surface area contributed by atoms with Crippen LogP contribution in [0.4, 0.5) is 5.82 Å². The van der Waals surface area contributed by atoms with Gasteiger partial charge in [-0.2, -0.15) is 0 Å². The van der Waals surface area contributed by atoms with E-state index in [1.165, 1.54) is 0 Å². The number of amides is 1. The molecule has 2 heterocycles.